The van der Waals surface area contributed by atoms with Crippen molar-refractivity contribution < 1.29 is 4.79 Å². The maximum atomic E-state index is 12.7. The van der Waals surface area contributed by atoms with E-state index in [-0.39, 0.29) is 5.91 Å². The number of rotatable bonds is 4. The van der Waals surface area contributed by atoms with E-state index in [4.69, 9.17) is 0 Å². The van der Waals surface area contributed by atoms with Crippen LogP contribution in [-0.4, -0.2) is 20.5 Å². The zero-order chi connectivity index (χ0) is 19.7. The molecule has 140 valence electrons. The number of carbonyl (C=O) groups is 1. The average Bonchev–Trinajstić information content (AvgIpc) is 3.04. The molecule has 0 bridgehead atoms. The molecule has 0 saturated carbocycles. The third-order valence-corrected chi connectivity index (χ3v) is 4.91. The second kappa shape index (κ2) is 7.27. The number of carbonyl (C=O) groups excluding carboxylic acids is 1. The summed E-state index contributed by atoms with van der Waals surface area (Å²) in [6.07, 6.45) is 1.64. The van der Waals surface area contributed by atoms with E-state index in [2.05, 4.69) is 40.5 Å². The lowest BCUT2D eigenvalue weighted by atomic mass is 10.0. The van der Waals surface area contributed by atoms with E-state index >= 15 is 0 Å². The van der Waals surface area contributed by atoms with Gasteiger partial charge < -0.3 is 5.32 Å². The van der Waals surface area contributed by atoms with Crippen LogP contribution >= 0.6 is 0 Å². The molecule has 2 aromatic carbocycles. The van der Waals surface area contributed by atoms with Crippen LogP contribution in [0.15, 0.2) is 60.8 Å². The molecule has 0 unspecified atom stereocenters. The van der Waals surface area contributed by atoms with Crippen molar-refractivity contribution in [1.29, 1.82) is 0 Å². The van der Waals surface area contributed by atoms with E-state index in [0.29, 0.717) is 12.1 Å². The van der Waals surface area contributed by atoms with Crippen molar-refractivity contribution in [2.75, 3.05) is 0 Å². The number of hydrogen-bond donors (Lipinski definition) is 1. The van der Waals surface area contributed by atoms with E-state index in [1.165, 1.54) is 5.56 Å². The fourth-order valence-electron chi connectivity index (χ4n) is 3.44. The van der Waals surface area contributed by atoms with E-state index in [1.54, 1.807) is 10.7 Å². The Morgan fingerprint density at radius 2 is 1.82 bits per heavy atom. The Morgan fingerprint density at radius 1 is 1.04 bits per heavy atom. The monoisotopic (exact) mass is 370 g/mol. The highest BCUT2D eigenvalue weighted by Crippen LogP contribution is 2.28. The highest BCUT2D eigenvalue weighted by Gasteiger charge is 2.18. The van der Waals surface area contributed by atoms with Crippen molar-refractivity contribution in [3.8, 4) is 11.1 Å². The summed E-state index contributed by atoms with van der Waals surface area (Å²) in [6.45, 7) is 6.42. The van der Waals surface area contributed by atoms with E-state index < -0.39 is 0 Å². The molecule has 4 rings (SSSR count). The molecule has 0 aliphatic rings. The van der Waals surface area contributed by atoms with Gasteiger partial charge >= 0.3 is 0 Å². The van der Waals surface area contributed by atoms with Crippen LogP contribution in [0, 0.1) is 20.8 Å². The SMILES string of the molecule is Cc1cccc(-c2c(C)nn3c(C)c(C(=O)NCc4ccccc4)cnc23)c1. The summed E-state index contributed by atoms with van der Waals surface area (Å²) in [5.74, 6) is -0.152. The van der Waals surface area contributed by atoms with Gasteiger partial charge in [-0.25, -0.2) is 9.50 Å². The summed E-state index contributed by atoms with van der Waals surface area (Å²) in [7, 11) is 0. The molecule has 0 radical (unpaired) electrons. The summed E-state index contributed by atoms with van der Waals surface area (Å²) < 4.78 is 1.77. The van der Waals surface area contributed by atoms with Crippen molar-refractivity contribution in [3.63, 3.8) is 0 Å². The Kier molecular flexibility index (Phi) is 4.65. The molecule has 1 N–H and O–H groups in total. The number of fused-ring (bicyclic) bond motifs is 1. The van der Waals surface area contributed by atoms with Gasteiger partial charge in [-0.05, 0) is 31.9 Å². The van der Waals surface area contributed by atoms with E-state index in [0.717, 1.165) is 33.7 Å². The third kappa shape index (κ3) is 3.27. The van der Waals surface area contributed by atoms with Crippen LogP contribution in [-0.2, 0) is 6.54 Å². The summed E-state index contributed by atoms with van der Waals surface area (Å²) in [6, 6.07) is 18.1. The highest BCUT2D eigenvalue weighted by atomic mass is 16.1. The number of aromatic nitrogens is 3. The van der Waals surface area contributed by atoms with Crippen LogP contribution in [0.3, 0.4) is 0 Å². The first-order valence-electron chi connectivity index (χ1n) is 9.28. The fourth-order valence-corrected chi connectivity index (χ4v) is 3.44. The minimum atomic E-state index is -0.152. The molecule has 28 heavy (non-hydrogen) atoms. The molecule has 2 heterocycles. The molecule has 0 fully saturated rings. The fraction of sp³-hybridized carbons (Fsp3) is 0.174. The standard InChI is InChI=1S/C23H22N4O/c1-15-8-7-11-19(12-15)21-16(2)26-27-17(3)20(14-24-22(21)27)23(28)25-13-18-9-5-4-6-10-18/h4-12,14H,13H2,1-3H3,(H,25,28). The molecular weight excluding hydrogens is 348 g/mol. The Morgan fingerprint density at radius 3 is 2.57 bits per heavy atom. The summed E-state index contributed by atoms with van der Waals surface area (Å²) >= 11 is 0. The van der Waals surface area contributed by atoms with Gasteiger partial charge in [0, 0.05) is 18.3 Å². The maximum Gasteiger partial charge on any atom is 0.254 e. The molecule has 5 heteroatoms. The van der Waals surface area contributed by atoms with Gasteiger partial charge in [0.2, 0.25) is 0 Å². The van der Waals surface area contributed by atoms with Gasteiger partial charge in [0.15, 0.2) is 5.65 Å². The average molecular weight is 370 g/mol. The number of hydrogen-bond acceptors (Lipinski definition) is 3. The van der Waals surface area contributed by atoms with Gasteiger partial charge in [-0.1, -0.05) is 60.2 Å². The lowest BCUT2D eigenvalue weighted by molar-refractivity contribution is 0.0949. The quantitative estimate of drug-likeness (QED) is 0.584. The molecule has 2 aromatic heterocycles. The van der Waals surface area contributed by atoms with Crippen molar-refractivity contribution in [3.05, 3.63) is 88.9 Å². The zero-order valence-corrected chi connectivity index (χ0v) is 16.2. The van der Waals surface area contributed by atoms with Crippen LogP contribution in [0.2, 0.25) is 0 Å². The molecule has 0 saturated heterocycles. The molecule has 0 aliphatic heterocycles. The first-order valence-corrected chi connectivity index (χ1v) is 9.28. The van der Waals surface area contributed by atoms with Gasteiger partial charge in [0.05, 0.1) is 17.0 Å². The van der Waals surface area contributed by atoms with Gasteiger partial charge in [0.25, 0.3) is 5.91 Å². The van der Waals surface area contributed by atoms with Crippen molar-refractivity contribution >= 4 is 11.6 Å². The van der Waals surface area contributed by atoms with Crippen LogP contribution in [0.25, 0.3) is 16.8 Å². The van der Waals surface area contributed by atoms with E-state index in [9.17, 15) is 4.79 Å². The molecule has 0 atom stereocenters. The smallest absolute Gasteiger partial charge is 0.254 e. The summed E-state index contributed by atoms with van der Waals surface area (Å²) in [5, 5.41) is 7.62. The van der Waals surface area contributed by atoms with Crippen molar-refractivity contribution in [2.24, 2.45) is 0 Å². The van der Waals surface area contributed by atoms with Gasteiger partial charge in [-0.2, -0.15) is 5.10 Å². The van der Waals surface area contributed by atoms with E-state index in [1.807, 2.05) is 50.2 Å². The molecule has 1 amide bonds. The Labute approximate surface area is 164 Å². The third-order valence-electron chi connectivity index (χ3n) is 4.91. The number of nitrogens with one attached hydrogen (secondary N) is 1. The lowest BCUT2D eigenvalue weighted by Gasteiger charge is -2.09. The maximum absolute atomic E-state index is 12.7. The summed E-state index contributed by atoms with van der Waals surface area (Å²) in [5.41, 5.74) is 7.29. The van der Waals surface area contributed by atoms with Crippen molar-refractivity contribution in [2.45, 2.75) is 27.3 Å². The zero-order valence-electron chi connectivity index (χ0n) is 16.2. The molecule has 4 aromatic rings. The minimum absolute atomic E-state index is 0.152. The molecule has 5 nitrogen and oxygen atoms in total. The van der Waals surface area contributed by atoms with Crippen LogP contribution in [0.1, 0.15) is 32.9 Å². The van der Waals surface area contributed by atoms with Crippen LogP contribution in [0.4, 0.5) is 0 Å². The number of nitrogens with zero attached hydrogens (tertiary/aromatic N) is 3. The number of aryl methyl sites for hydroxylation is 3. The molecule has 0 aliphatic carbocycles. The Hall–Kier alpha value is -3.47. The largest absolute Gasteiger partial charge is 0.348 e. The Balaban J connectivity index is 1.69. The van der Waals surface area contributed by atoms with Crippen LogP contribution in [0.5, 0.6) is 0 Å². The number of amides is 1. The predicted octanol–water partition coefficient (Wildman–Crippen LogP) is 4.25. The second-order valence-corrected chi connectivity index (χ2v) is 6.99. The van der Waals surface area contributed by atoms with Gasteiger partial charge in [-0.3, -0.25) is 4.79 Å². The number of benzene rings is 2. The van der Waals surface area contributed by atoms with Crippen LogP contribution < -0.4 is 5.32 Å². The summed E-state index contributed by atoms with van der Waals surface area (Å²) in [4.78, 5) is 17.3. The first kappa shape index (κ1) is 17.9. The van der Waals surface area contributed by atoms with Crippen molar-refractivity contribution in [1.82, 2.24) is 19.9 Å². The molecule has 0 spiro atoms. The van der Waals surface area contributed by atoms with Gasteiger partial charge in [-0.15, -0.1) is 0 Å². The lowest BCUT2D eigenvalue weighted by Crippen LogP contribution is -2.24. The normalized spacial score (nSPS) is 11.0. The molecular formula is C23H22N4O. The minimum Gasteiger partial charge on any atom is -0.348 e. The highest BCUT2D eigenvalue weighted by molar-refractivity contribution is 5.95. The Bertz CT molecular complexity index is 1160. The predicted molar refractivity (Wildman–Crippen MR) is 110 cm³/mol. The van der Waals surface area contributed by atoms with Gasteiger partial charge in [0.1, 0.15) is 0 Å². The topological polar surface area (TPSA) is 59.3 Å². The first-order chi connectivity index (χ1) is 13.5. The second-order valence-electron chi connectivity index (χ2n) is 6.99.